The second kappa shape index (κ2) is 7.22. The number of nitrogens with zero attached hydrogens (tertiary/aromatic N) is 1. The number of benzene rings is 1. The van der Waals surface area contributed by atoms with Gasteiger partial charge >= 0.3 is 0 Å². The summed E-state index contributed by atoms with van der Waals surface area (Å²) in [5.41, 5.74) is 2.15. The third-order valence-corrected chi connectivity index (χ3v) is 4.81. The number of furan rings is 1. The van der Waals surface area contributed by atoms with Gasteiger partial charge in [0.15, 0.2) is 17.3 Å². The van der Waals surface area contributed by atoms with E-state index in [0.29, 0.717) is 30.2 Å². The molecule has 0 bridgehead atoms. The maximum atomic E-state index is 12.5. The zero-order valence-corrected chi connectivity index (χ0v) is 15.5. The lowest BCUT2D eigenvalue weighted by molar-refractivity contribution is 0.0932. The van der Waals surface area contributed by atoms with Crippen molar-refractivity contribution in [1.82, 2.24) is 20.6 Å². The van der Waals surface area contributed by atoms with E-state index in [1.807, 2.05) is 24.3 Å². The molecule has 0 aliphatic carbocycles. The Morgan fingerprint density at radius 1 is 1.32 bits per heavy atom. The predicted molar refractivity (Wildman–Crippen MR) is 101 cm³/mol. The molecule has 0 fully saturated rings. The van der Waals surface area contributed by atoms with Crippen LogP contribution in [0.2, 0.25) is 0 Å². The molecule has 28 heavy (non-hydrogen) atoms. The Labute approximate surface area is 161 Å². The number of ether oxygens (including phenoxy) is 1. The molecule has 0 spiro atoms. The van der Waals surface area contributed by atoms with Crippen LogP contribution >= 0.6 is 0 Å². The van der Waals surface area contributed by atoms with Crippen LogP contribution in [0.4, 0.5) is 0 Å². The Morgan fingerprint density at radius 2 is 2.18 bits per heavy atom. The normalized spacial score (nSPS) is 16.1. The Kier molecular flexibility index (Phi) is 4.60. The van der Waals surface area contributed by atoms with Crippen molar-refractivity contribution in [2.45, 2.75) is 12.3 Å². The molecule has 1 unspecified atom stereocenters. The molecular weight excluding hydrogens is 360 g/mol. The summed E-state index contributed by atoms with van der Waals surface area (Å²) < 4.78 is 10.9. The maximum absolute atomic E-state index is 12.5. The Morgan fingerprint density at radius 3 is 2.96 bits per heavy atom. The summed E-state index contributed by atoms with van der Waals surface area (Å²) >= 11 is 0. The molecule has 2 amide bonds. The summed E-state index contributed by atoms with van der Waals surface area (Å²) in [6.45, 7) is 0.507. The number of aromatic amines is 1. The highest BCUT2D eigenvalue weighted by Crippen LogP contribution is 2.29. The number of hydrogen-bond donors (Lipinski definition) is 3. The first-order valence-electron chi connectivity index (χ1n) is 8.92. The molecule has 4 rings (SSSR count). The summed E-state index contributed by atoms with van der Waals surface area (Å²) in [5.74, 6) is 1.29. The third kappa shape index (κ3) is 3.24. The van der Waals surface area contributed by atoms with Crippen LogP contribution in [-0.2, 0) is 6.42 Å². The number of fused-ring (bicyclic) bond motifs is 1. The zero-order chi connectivity index (χ0) is 19.7. The molecule has 1 atom stereocenters. The monoisotopic (exact) mass is 380 g/mol. The van der Waals surface area contributed by atoms with Crippen molar-refractivity contribution in [3.8, 4) is 17.3 Å². The molecule has 3 N–H and O–H groups in total. The highest BCUT2D eigenvalue weighted by atomic mass is 16.5. The first-order valence-corrected chi connectivity index (χ1v) is 8.92. The maximum Gasteiger partial charge on any atom is 0.286 e. The van der Waals surface area contributed by atoms with E-state index in [9.17, 15) is 9.59 Å². The highest BCUT2D eigenvalue weighted by Gasteiger charge is 2.27. The van der Waals surface area contributed by atoms with E-state index in [1.165, 1.54) is 7.05 Å². The van der Waals surface area contributed by atoms with E-state index in [2.05, 4.69) is 20.6 Å². The molecule has 3 heterocycles. The predicted octanol–water partition coefficient (Wildman–Crippen LogP) is 2.11. The van der Waals surface area contributed by atoms with Gasteiger partial charge in [0, 0.05) is 25.2 Å². The molecular formula is C20H20N4O4. The minimum Gasteiger partial charge on any atom is -0.497 e. The smallest absolute Gasteiger partial charge is 0.286 e. The van der Waals surface area contributed by atoms with Crippen LogP contribution in [0.15, 0.2) is 40.8 Å². The number of nitrogens with one attached hydrogen (secondary N) is 3. The number of carbonyl (C=O) groups excluding carboxylic acids is 2. The molecule has 8 heteroatoms. The third-order valence-electron chi connectivity index (χ3n) is 4.81. The second-order valence-electron chi connectivity index (χ2n) is 6.54. The fourth-order valence-corrected chi connectivity index (χ4v) is 3.32. The first-order chi connectivity index (χ1) is 13.6. The van der Waals surface area contributed by atoms with Gasteiger partial charge in [0.2, 0.25) is 0 Å². The Bertz CT molecular complexity index is 1040. The van der Waals surface area contributed by atoms with Crippen molar-refractivity contribution in [3.05, 3.63) is 59.1 Å². The van der Waals surface area contributed by atoms with Gasteiger partial charge in [-0.05, 0) is 36.2 Å². The molecule has 2 aromatic heterocycles. The van der Waals surface area contributed by atoms with Crippen molar-refractivity contribution >= 4 is 11.8 Å². The summed E-state index contributed by atoms with van der Waals surface area (Å²) in [7, 11) is 3.16. The van der Waals surface area contributed by atoms with Crippen molar-refractivity contribution in [3.63, 3.8) is 0 Å². The van der Waals surface area contributed by atoms with E-state index < -0.39 is 0 Å². The molecule has 0 saturated heterocycles. The van der Waals surface area contributed by atoms with Crippen molar-refractivity contribution in [2.24, 2.45) is 0 Å². The Hall–Kier alpha value is -3.55. The fraction of sp³-hybridized carbons (Fsp3) is 0.250. The number of rotatable bonds is 4. The lowest BCUT2D eigenvalue weighted by Crippen LogP contribution is -2.26. The van der Waals surface area contributed by atoms with Gasteiger partial charge in [-0.3, -0.25) is 9.59 Å². The van der Waals surface area contributed by atoms with E-state index >= 15 is 0 Å². The average molecular weight is 380 g/mol. The van der Waals surface area contributed by atoms with Crippen LogP contribution in [0.3, 0.4) is 0 Å². The molecule has 3 aromatic rings. The number of H-pyrrole nitrogens is 1. The second-order valence-corrected chi connectivity index (χ2v) is 6.54. The summed E-state index contributed by atoms with van der Waals surface area (Å²) in [6, 6.07) is 11.0. The van der Waals surface area contributed by atoms with Crippen LogP contribution in [0.5, 0.6) is 5.75 Å². The number of methoxy groups -OCH3 is 1. The molecule has 1 aromatic carbocycles. The van der Waals surface area contributed by atoms with E-state index in [-0.39, 0.29) is 23.5 Å². The minimum absolute atomic E-state index is 0.0756. The SMILES string of the molecule is CNC(=O)c1ccc(-c2nc3c([nH]2)CC(c2cccc(OC)c2)CNC3=O)o1. The van der Waals surface area contributed by atoms with Crippen molar-refractivity contribution in [2.75, 3.05) is 20.7 Å². The van der Waals surface area contributed by atoms with Gasteiger partial charge in [-0.1, -0.05) is 12.1 Å². The largest absolute Gasteiger partial charge is 0.497 e. The van der Waals surface area contributed by atoms with Crippen molar-refractivity contribution in [1.29, 1.82) is 0 Å². The molecule has 0 saturated carbocycles. The van der Waals surface area contributed by atoms with Gasteiger partial charge in [0.25, 0.3) is 11.8 Å². The lowest BCUT2D eigenvalue weighted by atomic mass is 9.94. The van der Waals surface area contributed by atoms with Crippen LogP contribution < -0.4 is 15.4 Å². The minimum atomic E-state index is -0.324. The molecule has 8 nitrogen and oxygen atoms in total. The lowest BCUT2D eigenvalue weighted by Gasteiger charge is -2.15. The molecule has 144 valence electrons. The molecule has 0 radical (unpaired) electrons. The van der Waals surface area contributed by atoms with Gasteiger partial charge in [-0.15, -0.1) is 0 Å². The number of amides is 2. The topological polar surface area (TPSA) is 109 Å². The number of imidazole rings is 1. The number of hydrogen-bond acceptors (Lipinski definition) is 5. The zero-order valence-electron chi connectivity index (χ0n) is 15.5. The quantitative estimate of drug-likeness (QED) is 0.642. The van der Waals surface area contributed by atoms with Crippen LogP contribution in [0.25, 0.3) is 11.6 Å². The Balaban J connectivity index is 1.65. The van der Waals surface area contributed by atoms with Crippen molar-refractivity contribution < 1.29 is 18.7 Å². The van der Waals surface area contributed by atoms with E-state index in [4.69, 9.17) is 9.15 Å². The fourth-order valence-electron chi connectivity index (χ4n) is 3.32. The number of carbonyl (C=O) groups is 2. The summed E-state index contributed by atoms with van der Waals surface area (Å²) in [6.07, 6.45) is 0.608. The molecule has 1 aliphatic heterocycles. The summed E-state index contributed by atoms with van der Waals surface area (Å²) in [5, 5.41) is 5.43. The van der Waals surface area contributed by atoms with Gasteiger partial charge in [0.05, 0.1) is 7.11 Å². The van der Waals surface area contributed by atoms with Crippen LogP contribution in [-0.4, -0.2) is 42.5 Å². The molecule has 1 aliphatic rings. The van der Waals surface area contributed by atoms with Crippen LogP contribution in [0.1, 0.15) is 38.2 Å². The van der Waals surface area contributed by atoms with E-state index in [1.54, 1.807) is 19.2 Å². The van der Waals surface area contributed by atoms with Crippen LogP contribution in [0, 0.1) is 0 Å². The van der Waals surface area contributed by atoms with Gasteiger partial charge in [-0.25, -0.2) is 4.98 Å². The summed E-state index contributed by atoms with van der Waals surface area (Å²) in [4.78, 5) is 31.8. The standard InChI is InChI=1S/C20H20N4O4/c1-21-19(25)16-7-6-15(28-16)18-23-14-9-12(10-22-20(26)17(14)24-18)11-4-3-5-13(8-11)27-2/h3-8,12H,9-10H2,1-2H3,(H,21,25)(H,22,26)(H,23,24). The average Bonchev–Trinajstić information content (AvgIpc) is 3.34. The van der Waals surface area contributed by atoms with Gasteiger partial charge in [-0.2, -0.15) is 0 Å². The van der Waals surface area contributed by atoms with Gasteiger partial charge < -0.3 is 24.8 Å². The van der Waals surface area contributed by atoms with Gasteiger partial charge in [0.1, 0.15) is 11.4 Å². The first kappa shape index (κ1) is 17.8. The highest BCUT2D eigenvalue weighted by molar-refractivity contribution is 5.95. The van der Waals surface area contributed by atoms with E-state index in [0.717, 1.165) is 17.0 Å². The number of aromatic nitrogens is 2.